The first-order valence-electron chi connectivity index (χ1n) is 8.56. The molecule has 2 amide bonds. The molecular weight excluding hydrogens is 367 g/mol. The van der Waals surface area contributed by atoms with E-state index in [1.165, 1.54) is 36.7 Å². The van der Waals surface area contributed by atoms with Gasteiger partial charge in [-0.3, -0.25) is 14.4 Å². The summed E-state index contributed by atoms with van der Waals surface area (Å²) in [5.74, 6) is -2.58. The molecule has 9 heteroatoms. The molecule has 0 aliphatic carbocycles. The van der Waals surface area contributed by atoms with Gasteiger partial charge in [-0.05, 0) is 38.0 Å². The molecule has 0 aliphatic rings. The highest BCUT2D eigenvalue weighted by Gasteiger charge is 2.27. The van der Waals surface area contributed by atoms with Gasteiger partial charge < -0.3 is 15.7 Å². The summed E-state index contributed by atoms with van der Waals surface area (Å²) in [6.45, 7) is 3.34. The van der Waals surface area contributed by atoms with Crippen molar-refractivity contribution in [1.82, 2.24) is 20.6 Å². The van der Waals surface area contributed by atoms with Crippen LogP contribution in [0.4, 0.5) is 4.39 Å². The SMILES string of the molecule is CC(C)(CCNC(=O)c1nccnc1C(=O)NCc1ccc(F)cc1)C(=O)O. The number of halogens is 1. The molecule has 0 radical (unpaired) electrons. The maximum Gasteiger partial charge on any atom is 0.309 e. The Morgan fingerprint density at radius 3 is 2.07 bits per heavy atom. The molecule has 2 rings (SSSR count). The van der Waals surface area contributed by atoms with Crippen molar-refractivity contribution in [3.63, 3.8) is 0 Å². The number of nitrogens with one attached hydrogen (secondary N) is 2. The van der Waals surface area contributed by atoms with Crippen LogP contribution in [0.25, 0.3) is 0 Å². The fourth-order valence-corrected chi connectivity index (χ4v) is 2.22. The molecule has 0 fully saturated rings. The molecule has 28 heavy (non-hydrogen) atoms. The van der Waals surface area contributed by atoms with Crippen molar-refractivity contribution in [2.45, 2.75) is 26.8 Å². The number of aliphatic carboxylic acids is 1. The average molecular weight is 388 g/mol. The second kappa shape index (κ2) is 9.03. The van der Waals surface area contributed by atoms with Crippen LogP contribution in [0.3, 0.4) is 0 Å². The van der Waals surface area contributed by atoms with Crippen molar-refractivity contribution in [1.29, 1.82) is 0 Å². The Labute approximate surface area is 161 Å². The minimum atomic E-state index is -0.995. The van der Waals surface area contributed by atoms with Crippen molar-refractivity contribution in [3.8, 4) is 0 Å². The number of carbonyl (C=O) groups excluding carboxylic acids is 2. The van der Waals surface area contributed by atoms with E-state index in [4.69, 9.17) is 5.11 Å². The van der Waals surface area contributed by atoms with E-state index in [2.05, 4.69) is 20.6 Å². The monoisotopic (exact) mass is 388 g/mol. The van der Waals surface area contributed by atoms with Crippen molar-refractivity contribution < 1.29 is 23.9 Å². The van der Waals surface area contributed by atoms with Gasteiger partial charge in [-0.15, -0.1) is 0 Å². The fourth-order valence-electron chi connectivity index (χ4n) is 2.22. The zero-order chi connectivity index (χ0) is 20.7. The van der Waals surface area contributed by atoms with Gasteiger partial charge >= 0.3 is 5.97 Å². The van der Waals surface area contributed by atoms with Crippen LogP contribution < -0.4 is 10.6 Å². The number of hydrogen-bond acceptors (Lipinski definition) is 5. The Morgan fingerprint density at radius 2 is 1.54 bits per heavy atom. The summed E-state index contributed by atoms with van der Waals surface area (Å²) in [6, 6.07) is 5.62. The number of carboxylic acids is 1. The second-order valence-corrected chi connectivity index (χ2v) is 6.76. The van der Waals surface area contributed by atoms with Gasteiger partial charge in [0, 0.05) is 25.5 Å². The van der Waals surface area contributed by atoms with Gasteiger partial charge in [0.25, 0.3) is 11.8 Å². The lowest BCUT2D eigenvalue weighted by atomic mass is 9.90. The van der Waals surface area contributed by atoms with Gasteiger partial charge in [-0.2, -0.15) is 0 Å². The summed E-state index contributed by atoms with van der Waals surface area (Å²) in [6.07, 6.45) is 2.78. The van der Waals surface area contributed by atoms with Gasteiger partial charge in [-0.25, -0.2) is 14.4 Å². The lowest BCUT2D eigenvalue weighted by Gasteiger charge is -2.18. The van der Waals surface area contributed by atoms with Crippen LogP contribution in [0.15, 0.2) is 36.7 Å². The van der Waals surface area contributed by atoms with Crippen LogP contribution in [0, 0.1) is 11.2 Å². The third kappa shape index (κ3) is 5.57. The van der Waals surface area contributed by atoms with Crippen molar-refractivity contribution in [2.24, 2.45) is 5.41 Å². The third-order valence-electron chi connectivity index (χ3n) is 4.11. The van der Waals surface area contributed by atoms with Crippen LogP contribution in [0.5, 0.6) is 0 Å². The zero-order valence-corrected chi connectivity index (χ0v) is 15.5. The predicted molar refractivity (Wildman–Crippen MR) is 98.0 cm³/mol. The Hall–Kier alpha value is -3.36. The van der Waals surface area contributed by atoms with E-state index < -0.39 is 23.2 Å². The minimum absolute atomic E-state index is 0.103. The molecule has 2 aromatic rings. The molecule has 1 aromatic carbocycles. The fraction of sp³-hybridized carbons (Fsp3) is 0.316. The molecule has 1 aromatic heterocycles. The maximum atomic E-state index is 12.9. The summed E-state index contributed by atoms with van der Waals surface area (Å²) < 4.78 is 12.9. The molecule has 0 atom stereocenters. The lowest BCUT2D eigenvalue weighted by Crippen LogP contribution is -2.34. The first kappa shape index (κ1) is 20.9. The molecule has 1 heterocycles. The van der Waals surface area contributed by atoms with Crippen LogP contribution in [-0.4, -0.2) is 39.4 Å². The molecule has 0 aliphatic heterocycles. The Balaban J connectivity index is 2.00. The number of hydrogen-bond donors (Lipinski definition) is 3. The topological polar surface area (TPSA) is 121 Å². The van der Waals surface area contributed by atoms with E-state index in [1.54, 1.807) is 13.8 Å². The number of rotatable bonds is 8. The van der Waals surface area contributed by atoms with Crippen molar-refractivity contribution >= 4 is 17.8 Å². The van der Waals surface area contributed by atoms with E-state index >= 15 is 0 Å². The highest BCUT2D eigenvalue weighted by atomic mass is 19.1. The quantitative estimate of drug-likeness (QED) is 0.634. The highest BCUT2D eigenvalue weighted by molar-refractivity contribution is 6.04. The summed E-state index contributed by atoms with van der Waals surface area (Å²) in [4.78, 5) is 43.7. The zero-order valence-electron chi connectivity index (χ0n) is 15.5. The number of nitrogens with zero attached hydrogens (tertiary/aromatic N) is 2. The molecule has 0 unspecified atom stereocenters. The van der Waals surface area contributed by atoms with Gasteiger partial charge in [0.05, 0.1) is 5.41 Å². The molecular formula is C19H21FN4O4. The number of carbonyl (C=O) groups is 3. The Kier molecular flexibility index (Phi) is 6.75. The van der Waals surface area contributed by atoms with Gasteiger partial charge in [0.2, 0.25) is 0 Å². The first-order valence-corrected chi connectivity index (χ1v) is 8.56. The van der Waals surface area contributed by atoms with E-state index in [0.29, 0.717) is 5.56 Å². The predicted octanol–water partition coefficient (Wildman–Crippen LogP) is 1.78. The van der Waals surface area contributed by atoms with Crippen LogP contribution >= 0.6 is 0 Å². The molecule has 0 bridgehead atoms. The minimum Gasteiger partial charge on any atom is -0.481 e. The lowest BCUT2D eigenvalue weighted by molar-refractivity contribution is -0.147. The molecule has 3 N–H and O–H groups in total. The van der Waals surface area contributed by atoms with E-state index in [-0.39, 0.29) is 36.7 Å². The first-order chi connectivity index (χ1) is 13.2. The van der Waals surface area contributed by atoms with E-state index in [0.717, 1.165) is 0 Å². The normalized spacial score (nSPS) is 11.0. The average Bonchev–Trinajstić information content (AvgIpc) is 2.67. The molecule has 148 valence electrons. The van der Waals surface area contributed by atoms with E-state index in [1.807, 2.05) is 0 Å². The van der Waals surface area contributed by atoms with Gasteiger partial charge in [0.1, 0.15) is 5.82 Å². The maximum absolute atomic E-state index is 12.9. The second-order valence-electron chi connectivity index (χ2n) is 6.76. The summed E-state index contributed by atoms with van der Waals surface area (Å²) in [7, 11) is 0. The summed E-state index contributed by atoms with van der Waals surface area (Å²) in [5, 5.41) is 14.3. The van der Waals surface area contributed by atoms with Crippen LogP contribution in [0.2, 0.25) is 0 Å². The number of benzene rings is 1. The third-order valence-corrected chi connectivity index (χ3v) is 4.11. The molecule has 0 saturated carbocycles. The molecule has 0 saturated heterocycles. The number of aromatic nitrogens is 2. The molecule has 0 spiro atoms. The van der Waals surface area contributed by atoms with Crippen LogP contribution in [-0.2, 0) is 11.3 Å². The number of carboxylic acid groups (broad SMARTS) is 1. The number of amides is 2. The Bertz CT molecular complexity index is 868. The molecule has 8 nitrogen and oxygen atoms in total. The standard InChI is InChI=1S/C19H21FN4O4/c1-19(2,18(27)28)7-8-23-16(25)14-15(22-10-9-21-14)17(26)24-11-12-3-5-13(20)6-4-12/h3-6,9-10H,7-8,11H2,1-2H3,(H,23,25)(H,24,26)(H,27,28). The van der Waals surface area contributed by atoms with Crippen molar-refractivity contribution in [2.75, 3.05) is 6.54 Å². The van der Waals surface area contributed by atoms with E-state index in [9.17, 15) is 18.8 Å². The Morgan fingerprint density at radius 1 is 1.00 bits per heavy atom. The van der Waals surface area contributed by atoms with Crippen LogP contribution in [0.1, 0.15) is 46.8 Å². The van der Waals surface area contributed by atoms with Gasteiger partial charge in [0.15, 0.2) is 11.4 Å². The summed E-state index contributed by atoms with van der Waals surface area (Å²) >= 11 is 0. The summed E-state index contributed by atoms with van der Waals surface area (Å²) in [5.41, 5.74) is -0.627. The van der Waals surface area contributed by atoms with Crippen molar-refractivity contribution in [3.05, 3.63) is 59.4 Å². The highest BCUT2D eigenvalue weighted by Crippen LogP contribution is 2.19. The largest absolute Gasteiger partial charge is 0.481 e. The smallest absolute Gasteiger partial charge is 0.309 e. The van der Waals surface area contributed by atoms with Gasteiger partial charge in [-0.1, -0.05) is 12.1 Å².